The minimum Gasteiger partial charge on any atom is -0.493 e. The number of methoxy groups -OCH3 is 1. The summed E-state index contributed by atoms with van der Waals surface area (Å²) in [6.45, 7) is 7.46. The third kappa shape index (κ3) is 5.39. The Kier molecular flexibility index (Phi) is 7.14. The molecule has 0 aromatic heterocycles. The van der Waals surface area contributed by atoms with Gasteiger partial charge in [0.25, 0.3) is 5.91 Å². The van der Waals surface area contributed by atoms with Crippen LogP contribution in [-0.4, -0.2) is 58.9 Å². The normalized spacial score (nSPS) is 14.6. The summed E-state index contributed by atoms with van der Waals surface area (Å²) in [5.41, 5.74) is 2.61. The van der Waals surface area contributed by atoms with Crippen molar-refractivity contribution in [3.8, 4) is 11.5 Å². The van der Waals surface area contributed by atoms with Gasteiger partial charge < -0.3 is 24.6 Å². The van der Waals surface area contributed by atoms with Crippen LogP contribution in [0.3, 0.4) is 0 Å². The largest absolute Gasteiger partial charge is 0.493 e. The SMILES string of the molecule is COc1ccccc1OCCNC(=O)C[NH+]1CCN(c2ccccc2C)CC1. The molecule has 1 aliphatic rings. The van der Waals surface area contributed by atoms with Crippen LogP contribution in [0, 0.1) is 6.92 Å². The highest BCUT2D eigenvalue weighted by atomic mass is 16.5. The maximum absolute atomic E-state index is 12.2. The van der Waals surface area contributed by atoms with Gasteiger partial charge in [0.15, 0.2) is 18.0 Å². The molecule has 2 N–H and O–H groups in total. The molecule has 150 valence electrons. The Morgan fingerprint density at radius 2 is 1.75 bits per heavy atom. The maximum Gasteiger partial charge on any atom is 0.275 e. The van der Waals surface area contributed by atoms with E-state index in [1.807, 2.05) is 24.3 Å². The van der Waals surface area contributed by atoms with Crippen molar-refractivity contribution >= 4 is 11.6 Å². The van der Waals surface area contributed by atoms with E-state index >= 15 is 0 Å². The van der Waals surface area contributed by atoms with Crippen molar-refractivity contribution < 1.29 is 19.2 Å². The minimum atomic E-state index is 0.0722. The maximum atomic E-state index is 12.2. The van der Waals surface area contributed by atoms with Crippen molar-refractivity contribution in [3.05, 3.63) is 54.1 Å². The van der Waals surface area contributed by atoms with Crippen molar-refractivity contribution in [2.45, 2.75) is 6.92 Å². The highest BCUT2D eigenvalue weighted by molar-refractivity contribution is 5.76. The Bertz CT molecular complexity index is 773. The predicted molar refractivity (Wildman–Crippen MR) is 110 cm³/mol. The number of benzene rings is 2. The van der Waals surface area contributed by atoms with Crippen LogP contribution in [0.25, 0.3) is 0 Å². The van der Waals surface area contributed by atoms with Crippen molar-refractivity contribution in [2.24, 2.45) is 0 Å². The number of rotatable bonds is 8. The molecular formula is C22H30N3O3+. The van der Waals surface area contributed by atoms with E-state index in [0.29, 0.717) is 31.2 Å². The Morgan fingerprint density at radius 1 is 1.07 bits per heavy atom. The second kappa shape index (κ2) is 9.99. The lowest BCUT2D eigenvalue weighted by Crippen LogP contribution is -3.16. The molecule has 0 atom stereocenters. The number of hydrogen-bond acceptors (Lipinski definition) is 4. The second-order valence-corrected chi connectivity index (χ2v) is 7.05. The third-order valence-electron chi connectivity index (χ3n) is 5.09. The van der Waals surface area contributed by atoms with Gasteiger partial charge in [-0.1, -0.05) is 30.3 Å². The molecular weight excluding hydrogens is 354 g/mol. The number of carbonyl (C=O) groups excluding carboxylic acids is 1. The molecule has 1 fully saturated rings. The van der Waals surface area contributed by atoms with Gasteiger partial charge in [-0.3, -0.25) is 4.79 Å². The third-order valence-corrected chi connectivity index (χ3v) is 5.09. The Balaban J connectivity index is 1.35. The number of aryl methyl sites for hydroxylation is 1. The van der Waals surface area contributed by atoms with Crippen molar-refractivity contribution in [1.82, 2.24) is 5.32 Å². The van der Waals surface area contributed by atoms with E-state index in [-0.39, 0.29) is 5.91 Å². The van der Waals surface area contributed by atoms with Gasteiger partial charge in [0.2, 0.25) is 0 Å². The number of hydrogen-bond donors (Lipinski definition) is 2. The molecule has 1 saturated heterocycles. The smallest absolute Gasteiger partial charge is 0.275 e. The molecule has 2 aromatic carbocycles. The van der Waals surface area contributed by atoms with Crippen LogP contribution in [0.1, 0.15) is 5.56 Å². The Morgan fingerprint density at radius 3 is 2.46 bits per heavy atom. The van der Waals surface area contributed by atoms with Crippen molar-refractivity contribution in [2.75, 3.05) is 57.9 Å². The van der Waals surface area contributed by atoms with Crippen molar-refractivity contribution in [3.63, 3.8) is 0 Å². The lowest BCUT2D eigenvalue weighted by atomic mass is 10.1. The van der Waals surface area contributed by atoms with Crippen molar-refractivity contribution in [1.29, 1.82) is 0 Å². The average Bonchev–Trinajstić information content (AvgIpc) is 2.72. The summed E-state index contributed by atoms with van der Waals surface area (Å²) in [4.78, 5) is 16.0. The van der Waals surface area contributed by atoms with E-state index in [1.54, 1.807) is 7.11 Å². The number of quaternary nitrogens is 1. The van der Waals surface area contributed by atoms with Gasteiger partial charge in [0, 0.05) is 5.69 Å². The summed E-state index contributed by atoms with van der Waals surface area (Å²) in [6.07, 6.45) is 0. The zero-order chi connectivity index (χ0) is 19.8. The molecule has 0 radical (unpaired) electrons. The summed E-state index contributed by atoms with van der Waals surface area (Å²) < 4.78 is 10.9. The van der Waals surface area contributed by atoms with E-state index in [0.717, 1.165) is 26.2 Å². The number of nitrogens with one attached hydrogen (secondary N) is 2. The van der Waals surface area contributed by atoms with E-state index in [2.05, 4.69) is 41.4 Å². The fourth-order valence-corrected chi connectivity index (χ4v) is 3.54. The lowest BCUT2D eigenvalue weighted by Gasteiger charge is -2.34. The van der Waals surface area contributed by atoms with E-state index in [1.165, 1.54) is 16.2 Å². The minimum absolute atomic E-state index is 0.0722. The Hall–Kier alpha value is -2.73. The number of carbonyl (C=O) groups is 1. The van der Waals surface area contributed by atoms with Crippen LogP contribution in [0.2, 0.25) is 0 Å². The zero-order valence-corrected chi connectivity index (χ0v) is 16.7. The molecule has 6 heteroatoms. The van der Waals surface area contributed by atoms with Crippen LogP contribution in [-0.2, 0) is 4.79 Å². The van der Waals surface area contributed by atoms with Gasteiger partial charge in [-0.25, -0.2) is 0 Å². The first-order valence-electron chi connectivity index (χ1n) is 9.84. The van der Waals surface area contributed by atoms with E-state index in [4.69, 9.17) is 9.47 Å². The van der Waals surface area contributed by atoms with Gasteiger partial charge >= 0.3 is 0 Å². The topological polar surface area (TPSA) is 55.2 Å². The van der Waals surface area contributed by atoms with Crippen LogP contribution in [0.4, 0.5) is 5.69 Å². The molecule has 0 bridgehead atoms. The molecule has 2 aromatic rings. The molecule has 6 nitrogen and oxygen atoms in total. The van der Waals surface area contributed by atoms with Gasteiger partial charge in [-0.2, -0.15) is 0 Å². The first-order valence-corrected chi connectivity index (χ1v) is 9.84. The van der Waals surface area contributed by atoms with Gasteiger partial charge in [-0.05, 0) is 30.7 Å². The quantitative estimate of drug-likeness (QED) is 0.664. The molecule has 1 heterocycles. The molecule has 1 aliphatic heterocycles. The number of amides is 1. The fourth-order valence-electron chi connectivity index (χ4n) is 3.54. The monoisotopic (exact) mass is 384 g/mol. The molecule has 3 rings (SSSR count). The van der Waals surface area contributed by atoms with E-state index < -0.39 is 0 Å². The molecule has 0 unspecified atom stereocenters. The lowest BCUT2D eigenvalue weighted by molar-refractivity contribution is -0.892. The first-order chi connectivity index (χ1) is 13.7. The molecule has 0 aliphatic carbocycles. The predicted octanol–water partition coefficient (Wildman–Crippen LogP) is 0.904. The second-order valence-electron chi connectivity index (χ2n) is 7.05. The summed E-state index contributed by atoms with van der Waals surface area (Å²) in [5, 5.41) is 2.95. The number of nitrogens with zero attached hydrogens (tertiary/aromatic N) is 1. The number of piperazine rings is 1. The summed E-state index contributed by atoms with van der Waals surface area (Å²) >= 11 is 0. The van der Waals surface area contributed by atoms with Crippen LogP contribution < -0.4 is 24.6 Å². The summed E-state index contributed by atoms with van der Waals surface area (Å²) in [7, 11) is 1.62. The first kappa shape index (κ1) is 20.0. The van der Waals surface area contributed by atoms with Crippen LogP contribution >= 0.6 is 0 Å². The molecule has 0 spiro atoms. The number of para-hydroxylation sites is 3. The number of ether oxygens (including phenoxy) is 2. The summed E-state index contributed by atoms with van der Waals surface area (Å²) in [6, 6.07) is 16.0. The number of anilines is 1. The zero-order valence-electron chi connectivity index (χ0n) is 16.7. The van der Waals surface area contributed by atoms with Gasteiger partial charge in [-0.15, -0.1) is 0 Å². The van der Waals surface area contributed by atoms with E-state index in [9.17, 15) is 4.79 Å². The molecule has 28 heavy (non-hydrogen) atoms. The van der Waals surface area contributed by atoms with Crippen LogP contribution in [0.15, 0.2) is 48.5 Å². The average molecular weight is 385 g/mol. The molecule has 1 amide bonds. The van der Waals surface area contributed by atoms with Gasteiger partial charge in [0.05, 0.1) is 39.8 Å². The summed E-state index contributed by atoms with van der Waals surface area (Å²) in [5.74, 6) is 1.46. The highest BCUT2D eigenvalue weighted by Gasteiger charge is 2.22. The van der Waals surface area contributed by atoms with Crippen LogP contribution in [0.5, 0.6) is 11.5 Å². The Labute approximate surface area is 167 Å². The highest BCUT2D eigenvalue weighted by Crippen LogP contribution is 2.25. The molecule has 0 saturated carbocycles. The van der Waals surface area contributed by atoms with Gasteiger partial charge in [0.1, 0.15) is 6.61 Å². The standard InChI is InChI=1S/C22H29N3O3/c1-18-7-3-4-8-19(18)25-14-12-24(13-15-25)17-22(26)23-11-16-28-21-10-6-5-9-20(21)27-2/h3-10H,11-17H2,1-2H3,(H,23,26)/p+1. The fraction of sp³-hybridized carbons (Fsp3) is 0.409.